The highest BCUT2D eigenvalue weighted by molar-refractivity contribution is 7.86. The predicted molar refractivity (Wildman–Crippen MR) is 140 cm³/mol. The number of para-hydroxylation sites is 1. The quantitative estimate of drug-likeness (QED) is 0.174. The van der Waals surface area contributed by atoms with Crippen molar-refractivity contribution in [2.75, 3.05) is 17.7 Å². The van der Waals surface area contributed by atoms with E-state index in [1.807, 2.05) is 6.07 Å². The Morgan fingerprint density at radius 1 is 0.763 bits per heavy atom. The van der Waals surface area contributed by atoms with Gasteiger partial charge in [0.05, 0.1) is 12.8 Å². The van der Waals surface area contributed by atoms with E-state index in [0.29, 0.717) is 5.69 Å². The van der Waals surface area contributed by atoms with Crippen molar-refractivity contribution >= 4 is 49.6 Å². The Labute approximate surface area is 218 Å². The molecule has 0 radical (unpaired) electrons. The maximum Gasteiger partial charge on any atom is 0.322 e. The van der Waals surface area contributed by atoms with Gasteiger partial charge in [0.2, 0.25) is 11.9 Å². The number of methoxy groups -OCH3 is 1. The fraction of sp³-hybridized carbons (Fsp3) is 0.0417. The van der Waals surface area contributed by atoms with E-state index >= 15 is 0 Å². The van der Waals surface area contributed by atoms with Gasteiger partial charge in [-0.2, -0.15) is 31.8 Å². The van der Waals surface area contributed by atoms with Crippen LogP contribution in [0.1, 0.15) is 11.1 Å². The molecule has 0 aliphatic carbocycles. The zero-order valence-electron chi connectivity index (χ0n) is 19.7. The van der Waals surface area contributed by atoms with Crippen LogP contribution >= 0.6 is 0 Å². The lowest BCUT2D eigenvalue weighted by Gasteiger charge is -2.15. The highest BCUT2D eigenvalue weighted by atomic mass is 32.2. The van der Waals surface area contributed by atoms with Gasteiger partial charge in [-0.3, -0.25) is 9.11 Å². The molecule has 196 valence electrons. The van der Waals surface area contributed by atoms with Gasteiger partial charge in [0.25, 0.3) is 20.2 Å². The van der Waals surface area contributed by atoms with E-state index in [4.69, 9.17) is 4.74 Å². The first-order chi connectivity index (χ1) is 18.0. The molecule has 14 heteroatoms. The van der Waals surface area contributed by atoms with Crippen molar-refractivity contribution < 1.29 is 30.7 Å². The van der Waals surface area contributed by atoms with Gasteiger partial charge in [0.15, 0.2) is 0 Å². The number of rotatable bonds is 9. The van der Waals surface area contributed by atoms with Crippen LogP contribution in [0.4, 0.5) is 17.6 Å². The molecule has 1 heterocycles. The van der Waals surface area contributed by atoms with Gasteiger partial charge in [0, 0.05) is 11.3 Å². The molecule has 0 amide bonds. The van der Waals surface area contributed by atoms with E-state index in [0.717, 1.165) is 0 Å². The van der Waals surface area contributed by atoms with Gasteiger partial charge in [-0.15, -0.1) is 0 Å². The number of nitrogens with zero attached hydrogens (tertiary/aromatic N) is 3. The molecule has 0 aliphatic rings. The molecule has 0 atom stereocenters. The van der Waals surface area contributed by atoms with Gasteiger partial charge in [0.1, 0.15) is 9.79 Å². The lowest BCUT2D eigenvalue weighted by Crippen LogP contribution is -2.11. The first-order valence-electron chi connectivity index (χ1n) is 10.8. The molecule has 4 aromatic rings. The summed E-state index contributed by atoms with van der Waals surface area (Å²) in [6, 6.07) is 19.9. The van der Waals surface area contributed by atoms with Crippen LogP contribution in [-0.2, 0) is 20.2 Å². The first-order valence-corrected chi connectivity index (χ1v) is 13.7. The standard InChI is InChI=1S/C24H21N5O7S2/c1-36-24-28-22(25-17-10-3-2-4-11-17)27-23(29-24)26-19(18-12-6-8-14-21(18)38(33,34)35)15-16-9-5-7-13-20(16)37(30,31)32/h2-15H,1H3,(H,30,31,32)(H,33,34,35)(H2,25,26,27,28,29). The van der Waals surface area contributed by atoms with Gasteiger partial charge in [-0.1, -0.05) is 54.6 Å². The molecule has 4 rings (SSSR count). The summed E-state index contributed by atoms with van der Waals surface area (Å²) in [6.07, 6.45) is 1.27. The fourth-order valence-electron chi connectivity index (χ4n) is 3.42. The van der Waals surface area contributed by atoms with Crippen molar-refractivity contribution in [3.05, 3.63) is 90.0 Å². The Balaban J connectivity index is 1.88. The van der Waals surface area contributed by atoms with Crippen LogP contribution in [0.15, 0.2) is 88.7 Å². The second kappa shape index (κ2) is 10.9. The minimum atomic E-state index is -4.70. The highest BCUT2D eigenvalue weighted by Gasteiger charge is 2.21. The average Bonchev–Trinajstić information content (AvgIpc) is 2.88. The smallest absolute Gasteiger partial charge is 0.322 e. The Bertz CT molecular complexity index is 1710. The van der Waals surface area contributed by atoms with E-state index in [9.17, 15) is 25.9 Å². The SMILES string of the molecule is COc1nc(NC(=Cc2ccccc2S(=O)(=O)O)c2ccccc2S(=O)(=O)O)nc(Nc2ccccc2)n1. The van der Waals surface area contributed by atoms with E-state index < -0.39 is 30.0 Å². The predicted octanol–water partition coefficient (Wildman–Crippen LogP) is 3.73. The van der Waals surface area contributed by atoms with E-state index in [1.165, 1.54) is 61.7 Å². The first kappa shape index (κ1) is 26.7. The van der Waals surface area contributed by atoms with Crippen molar-refractivity contribution in [3.63, 3.8) is 0 Å². The van der Waals surface area contributed by atoms with Crippen molar-refractivity contribution in [2.45, 2.75) is 9.79 Å². The normalized spacial score (nSPS) is 12.1. The highest BCUT2D eigenvalue weighted by Crippen LogP contribution is 2.29. The molecule has 12 nitrogen and oxygen atoms in total. The molecular formula is C24H21N5O7S2. The second-order valence-corrected chi connectivity index (χ2v) is 10.4. The Morgan fingerprint density at radius 2 is 1.34 bits per heavy atom. The van der Waals surface area contributed by atoms with Crippen LogP contribution < -0.4 is 15.4 Å². The summed E-state index contributed by atoms with van der Waals surface area (Å²) in [5, 5.41) is 5.86. The lowest BCUT2D eigenvalue weighted by molar-refractivity contribution is 0.380. The van der Waals surface area contributed by atoms with Crippen molar-refractivity contribution in [3.8, 4) is 6.01 Å². The number of hydrogen-bond donors (Lipinski definition) is 4. The van der Waals surface area contributed by atoms with Gasteiger partial charge < -0.3 is 15.4 Å². The Kier molecular flexibility index (Phi) is 7.68. The molecule has 4 N–H and O–H groups in total. The number of hydrogen-bond acceptors (Lipinski definition) is 10. The van der Waals surface area contributed by atoms with Crippen LogP contribution in [0.5, 0.6) is 6.01 Å². The molecule has 3 aromatic carbocycles. The summed E-state index contributed by atoms with van der Waals surface area (Å²) in [5.74, 6) is -0.0118. The summed E-state index contributed by atoms with van der Waals surface area (Å²) >= 11 is 0. The van der Waals surface area contributed by atoms with Crippen molar-refractivity contribution in [2.24, 2.45) is 0 Å². The Hall–Kier alpha value is -4.37. The second-order valence-electron chi connectivity index (χ2n) is 7.63. The third-order valence-corrected chi connectivity index (χ3v) is 6.87. The summed E-state index contributed by atoms with van der Waals surface area (Å²) < 4.78 is 72.9. The number of anilines is 3. The maximum atomic E-state index is 12.1. The molecule has 1 aromatic heterocycles. The monoisotopic (exact) mass is 555 g/mol. The van der Waals surface area contributed by atoms with Crippen molar-refractivity contribution in [1.82, 2.24) is 15.0 Å². The van der Waals surface area contributed by atoms with Crippen LogP contribution in [0.25, 0.3) is 11.8 Å². The number of nitrogens with one attached hydrogen (secondary N) is 2. The number of benzene rings is 3. The third kappa shape index (κ3) is 6.49. The van der Waals surface area contributed by atoms with E-state index in [2.05, 4.69) is 25.6 Å². The number of ether oxygens (including phenoxy) is 1. The van der Waals surface area contributed by atoms with Gasteiger partial charge >= 0.3 is 6.01 Å². The van der Waals surface area contributed by atoms with Gasteiger partial charge in [-0.25, -0.2) is 0 Å². The molecule has 0 saturated carbocycles. The van der Waals surface area contributed by atoms with Crippen molar-refractivity contribution in [1.29, 1.82) is 0 Å². The maximum absolute atomic E-state index is 12.1. The summed E-state index contributed by atoms with van der Waals surface area (Å²) in [6.45, 7) is 0. The zero-order valence-corrected chi connectivity index (χ0v) is 21.3. The topological polar surface area (TPSA) is 181 Å². The molecule has 0 saturated heterocycles. The summed E-state index contributed by atoms with van der Waals surface area (Å²) in [4.78, 5) is 11.7. The summed E-state index contributed by atoms with van der Waals surface area (Å²) in [7, 11) is -7.99. The van der Waals surface area contributed by atoms with E-state index in [1.54, 1.807) is 24.3 Å². The molecule has 0 aliphatic heterocycles. The molecule has 0 unspecified atom stereocenters. The number of aromatic nitrogens is 3. The summed E-state index contributed by atoms with van der Waals surface area (Å²) in [5.41, 5.74) is 0.637. The Morgan fingerprint density at radius 3 is 2.00 bits per heavy atom. The third-order valence-electron chi connectivity index (χ3n) is 5.03. The lowest BCUT2D eigenvalue weighted by atomic mass is 10.1. The largest absolute Gasteiger partial charge is 0.467 e. The van der Waals surface area contributed by atoms with Crippen LogP contribution in [0, 0.1) is 0 Å². The molecule has 0 spiro atoms. The zero-order chi connectivity index (χ0) is 27.3. The fourth-order valence-corrected chi connectivity index (χ4v) is 4.80. The average molecular weight is 556 g/mol. The molecular weight excluding hydrogens is 534 g/mol. The van der Waals surface area contributed by atoms with Crippen LogP contribution in [-0.4, -0.2) is 48.0 Å². The van der Waals surface area contributed by atoms with Gasteiger partial charge in [-0.05, 0) is 35.9 Å². The molecule has 38 heavy (non-hydrogen) atoms. The molecule has 0 fully saturated rings. The van der Waals surface area contributed by atoms with Crippen LogP contribution in [0.2, 0.25) is 0 Å². The molecule has 0 bridgehead atoms. The van der Waals surface area contributed by atoms with Crippen LogP contribution in [0.3, 0.4) is 0 Å². The minimum Gasteiger partial charge on any atom is -0.467 e. The minimum absolute atomic E-state index is 0.0197. The van der Waals surface area contributed by atoms with E-state index in [-0.39, 0.29) is 34.7 Å².